The number of hydrogen-bond donors (Lipinski definition) is 0. The number of carbonyl (C=O) groups excluding carboxylic acids is 3. The van der Waals surface area contributed by atoms with E-state index in [2.05, 4.69) is 0 Å². The van der Waals surface area contributed by atoms with Crippen LogP contribution in [-0.4, -0.2) is 43.0 Å². The van der Waals surface area contributed by atoms with Crippen molar-refractivity contribution in [3.05, 3.63) is 71.8 Å². The van der Waals surface area contributed by atoms with Crippen molar-refractivity contribution in [3.8, 4) is 0 Å². The van der Waals surface area contributed by atoms with Crippen molar-refractivity contribution in [3.63, 3.8) is 0 Å². The Balaban J connectivity index is 1.64. The standard InChI is InChI=1S/C21H20O7/c1-14(22)26-19-12-17(28-21(24)16-10-6-3-7-11-16)18(27-19)13-25-20(23)15-8-4-2-5-9-15/h2-11,17-19H,12-13H2,1H3/t17-,18?,19+/m0/s1. The zero-order chi connectivity index (χ0) is 19.9. The summed E-state index contributed by atoms with van der Waals surface area (Å²) in [5, 5.41) is 0. The van der Waals surface area contributed by atoms with Crippen LogP contribution in [0.4, 0.5) is 0 Å². The molecule has 1 saturated heterocycles. The largest absolute Gasteiger partial charge is 0.459 e. The Morgan fingerprint density at radius 2 is 1.46 bits per heavy atom. The van der Waals surface area contributed by atoms with Gasteiger partial charge in [-0.3, -0.25) is 4.79 Å². The lowest BCUT2D eigenvalue weighted by molar-refractivity contribution is -0.175. The fourth-order valence-corrected chi connectivity index (χ4v) is 2.81. The molecule has 7 nitrogen and oxygen atoms in total. The molecule has 1 fully saturated rings. The molecule has 3 atom stereocenters. The van der Waals surface area contributed by atoms with Crippen LogP contribution in [0.25, 0.3) is 0 Å². The Labute approximate surface area is 162 Å². The maximum absolute atomic E-state index is 12.3. The van der Waals surface area contributed by atoms with Crippen molar-refractivity contribution in [1.82, 2.24) is 0 Å². The van der Waals surface area contributed by atoms with Gasteiger partial charge in [0.05, 0.1) is 17.5 Å². The van der Waals surface area contributed by atoms with Crippen LogP contribution in [0.3, 0.4) is 0 Å². The predicted octanol–water partition coefficient (Wildman–Crippen LogP) is 2.75. The van der Waals surface area contributed by atoms with E-state index in [1.807, 2.05) is 0 Å². The average Bonchev–Trinajstić information content (AvgIpc) is 3.07. The van der Waals surface area contributed by atoms with Gasteiger partial charge in [-0.05, 0) is 24.3 Å². The molecule has 1 aliphatic heterocycles. The molecule has 1 unspecified atom stereocenters. The topological polar surface area (TPSA) is 88.1 Å². The number of hydrogen-bond acceptors (Lipinski definition) is 7. The second-order valence-corrected chi connectivity index (χ2v) is 6.22. The van der Waals surface area contributed by atoms with E-state index < -0.39 is 36.4 Å². The molecule has 0 bridgehead atoms. The molecule has 0 aromatic heterocycles. The van der Waals surface area contributed by atoms with Crippen LogP contribution in [0.2, 0.25) is 0 Å². The van der Waals surface area contributed by atoms with Gasteiger partial charge < -0.3 is 18.9 Å². The van der Waals surface area contributed by atoms with Gasteiger partial charge in [0.2, 0.25) is 6.29 Å². The van der Waals surface area contributed by atoms with Gasteiger partial charge in [-0.25, -0.2) is 9.59 Å². The van der Waals surface area contributed by atoms with Gasteiger partial charge in [0.15, 0.2) is 0 Å². The third-order valence-electron chi connectivity index (χ3n) is 4.12. The molecule has 1 heterocycles. The number of esters is 3. The lowest BCUT2D eigenvalue weighted by Gasteiger charge is -2.18. The molecule has 0 N–H and O–H groups in total. The highest BCUT2D eigenvalue weighted by molar-refractivity contribution is 5.90. The maximum atomic E-state index is 12.3. The summed E-state index contributed by atoms with van der Waals surface area (Å²) in [6.07, 6.45) is -2.18. The molecule has 7 heteroatoms. The monoisotopic (exact) mass is 384 g/mol. The predicted molar refractivity (Wildman–Crippen MR) is 97.4 cm³/mol. The highest BCUT2D eigenvalue weighted by Crippen LogP contribution is 2.26. The number of carbonyl (C=O) groups is 3. The van der Waals surface area contributed by atoms with Gasteiger partial charge in [0.1, 0.15) is 18.8 Å². The van der Waals surface area contributed by atoms with Crippen molar-refractivity contribution < 1.29 is 33.3 Å². The first-order valence-corrected chi connectivity index (χ1v) is 8.84. The van der Waals surface area contributed by atoms with E-state index in [1.54, 1.807) is 60.7 Å². The van der Waals surface area contributed by atoms with Crippen LogP contribution in [0, 0.1) is 0 Å². The lowest BCUT2D eigenvalue weighted by Crippen LogP contribution is -2.32. The first-order chi connectivity index (χ1) is 13.5. The van der Waals surface area contributed by atoms with Crippen LogP contribution >= 0.6 is 0 Å². The second-order valence-electron chi connectivity index (χ2n) is 6.22. The average molecular weight is 384 g/mol. The normalized spacial score (nSPS) is 21.0. The minimum absolute atomic E-state index is 0.141. The van der Waals surface area contributed by atoms with Crippen LogP contribution in [-0.2, 0) is 23.7 Å². The van der Waals surface area contributed by atoms with Gasteiger partial charge in [-0.1, -0.05) is 36.4 Å². The molecular formula is C21H20O7. The molecule has 2 aromatic carbocycles. The van der Waals surface area contributed by atoms with E-state index in [4.69, 9.17) is 18.9 Å². The van der Waals surface area contributed by atoms with Gasteiger partial charge in [0.25, 0.3) is 0 Å². The molecule has 28 heavy (non-hydrogen) atoms. The summed E-state index contributed by atoms with van der Waals surface area (Å²) < 4.78 is 21.5. The Hall–Kier alpha value is -3.19. The zero-order valence-electron chi connectivity index (χ0n) is 15.3. The van der Waals surface area contributed by atoms with Gasteiger partial charge >= 0.3 is 17.9 Å². The SMILES string of the molecule is CC(=O)O[C@H]1C[C@H](OC(=O)c2ccccc2)C(COC(=O)c2ccccc2)O1. The van der Waals surface area contributed by atoms with Crippen LogP contribution < -0.4 is 0 Å². The van der Waals surface area contributed by atoms with E-state index in [1.165, 1.54) is 6.92 Å². The smallest absolute Gasteiger partial charge is 0.338 e. The summed E-state index contributed by atoms with van der Waals surface area (Å²) in [6, 6.07) is 17.0. The minimum Gasteiger partial charge on any atom is -0.459 e. The van der Waals surface area contributed by atoms with Crippen molar-refractivity contribution >= 4 is 17.9 Å². The molecule has 0 spiro atoms. The summed E-state index contributed by atoms with van der Waals surface area (Å²) in [6.45, 7) is 1.12. The van der Waals surface area contributed by atoms with E-state index >= 15 is 0 Å². The molecule has 0 radical (unpaired) electrons. The van der Waals surface area contributed by atoms with Crippen molar-refractivity contribution in [2.75, 3.05) is 6.61 Å². The van der Waals surface area contributed by atoms with E-state index in [0.717, 1.165) is 0 Å². The third-order valence-corrected chi connectivity index (χ3v) is 4.12. The third kappa shape index (κ3) is 5.17. The maximum Gasteiger partial charge on any atom is 0.338 e. The first-order valence-electron chi connectivity index (χ1n) is 8.84. The summed E-state index contributed by atoms with van der Waals surface area (Å²) in [5.74, 6) is -1.56. The zero-order valence-corrected chi connectivity index (χ0v) is 15.3. The fraction of sp³-hybridized carbons (Fsp3) is 0.286. The number of ether oxygens (including phenoxy) is 4. The van der Waals surface area contributed by atoms with Crippen LogP contribution in [0.5, 0.6) is 0 Å². The van der Waals surface area contributed by atoms with Crippen LogP contribution in [0.1, 0.15) is 34.1 Å². The summed E-state index contributed by atoms with van der Waals surface area (Å²) in [5.41, 5.74) is 0.785. The summed E-state index contributed by atoms with van der Waals surface area (Å²) in [4.78, 5) is 35.7. The second kappa shape index (κ2) is 9.14. The van der Waals surface area contributed by atoms with Crippen molar-refractivity contribution in [2.45, 2.75) is 31.8 Å². The Morgan fingerprint density at radius 1 is 0.893 bits per heavy atom. The highest BCUT2D eigenvalue weighted by Gasteiger charge is 2.40. The van der Waals surface area contributed by atoms with Crippen molar-refractivity contribution in [2.24, 2.45) is 0 Å². The fourth-order valence-electron chi connectivity index (χ4n) is 2.81. The quantitative estimate of drug-likeness (QED) is 0.559. The lowest BCUT2D eigenvalue weighted by atomic mass is 10.1. The molecule has 0 aliphatic carbocycles. The van der Waals surface area contributed by atoms with E-state index in [9.17, 15) is 14.4 Å². The van der Waals surface area contributed by atoms with Gasteiger partial charge in [-0.2, -0.15) is 0 Å². The molecule has 146 valence electrons. The molecule has 2 aromatic rings. The molecule has 1 aliphatic rings. The Bertz CT molecular complexity index is 819. The molecule has 3 rings (SSSR count). The van der Waals surface area contributed by atoms with E-state index in [-0.39, 0.29) is 13.0 Å². The molecular weight excluding hydrogens is 364 g/mol. The van der Waals surface area contributed by atoms with E-state index in [0.29, 0.717) is 11.1 Å². The van der Waals surface area contributed by atoms with Crippen molar-refractivity contribution in [1.29, 1.82) is 0 Å². The number of rotatable bonds is 6. The number of benzene rings is 2. The first kappa shape index (κ1) is 19.6. The van der Waals surface area contributed by atoms with Gasteiger partial charge in [0, 0.05) is 6.92 Å². The Kier molecular flexibility index (Phi) is 6.39. The summed E-state index contributed by atoms with van der Waals surface area (Å²) >= 11 is 0. The highest BCUT2D eigenvalue weighted by atomic mass is 16.7. The van der Waals surface area contributed by atoms with Gasteiger partial charge in [-0.15, -0.1) is 0 Å². The molecule has 0 amide bonds. The summed E-state index contributed by atoms with van der Waals surface area (Å²) in [7, 11) is 0. The van der Waals surface area contributed by atoms with Crippen LogP contribution in [0.15, 0.2) is 60.7 Å². The Morgan fingerprint density at radius 3 is 2.04 bits per heavy atom. The molecule has 0 saturated carbocycles. The minimum atomic E-state index is -0.869.